The van der Waals surface area contributed by atoms with Crippen LogP contribution in [-0.2, 0) is 0 Å². The van der Waals surface area contributed by atoms with E-state index in [1.54, 1.807) is 0 Å². The van der Waals surface area contributed by atoms with Crippen molar-refractivity contribution in [1.82, 2.24) is 9.80 Å². The normalized spacial score (nSPS) is 37.8. The largest absolute Gasteiger partial charge is 0.324 e. The molecule has 0 aromatic rings. The average Bonchev–Trinajstić information content (AvgIpc) is 2.33. The Kier molecular flexibility index (Phi) is 4.18. The summed E-state index contributed by atoms with van der Waals surface area (Å²) in [5.74, 6) is 1.93. The molecule has 2 amide bonds. The molecule has 0 N–H and O–H groups in total. The van der Waals surface area contributed by atoms with Crippen molar-refractivity contribution in [2.24, 2.45) is 17.8 Å². The van der Waals surface area contributed by atoms with Gasteiger partial charge in [0.2, 0.25) is 0 Å². The van der Waals surface area contributed by atoms with Gasteiger partial charge in [-0.15, -0.1) is 0 Å². The molecule has 4 atom stereocenters. The predicted octanol–water partition coefficient (Wildman–Crippen LogP) is 3.20. The third kappa shape index (κ3) is 2.81. The van der Waals surface area contributed by atoms with Gasteiger partial charge in [0, 0.05) is 25.7 Å². The zero-order valence-electron chi connectivity index (χ0n) is 12.4. The van der Waals surface area contributed by atoms with Gasteiger partial charge in [0.05, 0.1) is 0 Å². The Hall–Kier alpha value is -0.730. The third-order valence-electron chi connectivity index (χ3n) is 4.77. The maximum Gasteiger partial charge on any atom is 0.320 e. The van der Waals surface area contributed by atoms with Crippen LogP contribution in [-0.4, -0.2) is 41.5 Å². The van der Waals surface area contributed by atoms with E-state index in [1.165, 1.54) is 19.3 Å². The highest BCUT2D eigenvalue weighted by Gasteiger charge is 2.34. The zero-order valence-corrected chi connectivity index (χ0v) is 12.4. The Morgan fingerprint density at radius 3 is 2.44 bits per heavy atom. The van der Waals surface area contributed by atoms with Crippen LogP contribution in [0, 0.1) is 17.8 Å². The molecule has 0 spiro atoms. The van der Waals surface area contributed by atoms with Crippen LogP contribution in [0.4, 0.5) is 4.79 Å². The van der Waals surface area contributed by atoms with E-state index in [4.69, 9.17) is 0 Å². The molecule has 2 aliphatic heterocycles. The Morgan fingerprint density at radius 2 is 1.78 bits per heavy atom. The van der Waals surface area contributed by atoms with Gasteiger partial charge in [0.15, 0.2) is 0 Å². The molecule has 0 aliphatic carbocycles. The van der Waals surface area contributed by atoms with Crippen molar-refractivity contribution in [2.45, 2.75) is 53.0 Å². The zero-order chi connectivity index (χ0) is 13.3. The summed E-state index contributed by atoms with van der Waals surface area (Å²) in [6, 6.07) is 0.679. The summed E-state index contributed by atoms with van der Waals surface area (Å²) in [5.41, 5.74) is 0. The Morgan fingerprint density at radius 1 is 1.06 bits per heavy atom. The van der Waals surface area contributed by atoms with E-state index in [0.29, 0.717) is 23.8 Å². The van der Waals surface area contributed by atoms with Crippen LogP contribution in [0.1, 0.15) is 47.0 Å². The van der Waals surface area contributed by atoms with Gasteiger partial charge in [0.1, 0.15) is 0 Å². The molecule has 2 saturated heterocycles. The van der Waals surface area contributed by atoms with E-state index < -0.39 is 0 Å². The maximum atomic E-state index is 12.7. The first-order valence-electron chi connectivity index (χ1n) is 7.54. The summed E-state index contributed by atoms with van der Waals surface area (Å²) < 4.78 is 0. The summed E-state index contributed by atoms with van der Waals surface area (Å²) in [7, 11) is 0. The number of carbonyl (C=O) groups is 1. The second-order valence-electron chi connectivity index (χ2n) is 6.69. The van der Waals surface area contributed by atoms with Crippen molar-refractivity contribution >= 4 is 6.03 Å². The third-order valence-corrected chi connectivity index (χ3v) is 4.77. The lowest BCUT2D eigenvalue weighted by molar-refractivity contribution is 0.0688. The molecule has 2 fully saturated rings. The number of rotatable bonds is 0. The number of likely N-dealkylation sites (tertiary alicyclic amines) is 2. The van der Waals surface area contributed by atoms with E-state index in [2.05, 4.69) is 37.5 Å². The first-order chi connectivity index (χ1) is 8.49. The summed E-state index contributed by atoms with van der Waals surface area (Å²) in [6.45, 7) is 11.8. The van der Waals surface area contributed by atoms with Crippen LogP contribution in [0.25, 0.3) is 0 Å². The molecule has 0 saturated carbocycles. The van der Waals surface area contributed by atoms with Crippen molar-refractivity contribution in [3.05, 3.63) is 0 Å². The fourth-order valence-corrected chi connectivity index (χ4v) is 3.51. The number of nitrogens with zero attached hydrogens (tertiary/aromatic N) is 2. The molecule has 104 valence electrons. The molecule has 2 aliphatic rings. The highest BCUT2D eigenvalue weighted by molar-refractivity contribution is 5.75. The standard InChI is InChI=1S/C15H28N2O/c1-11-6-5-7-16(9-11)15(18)17-10-12(2)8-13(3)14(17)4/h11-14H,5-10H2,1-4H3. The van der Waals surface area contributed by atoms with Gasteiger partial charge < -0.3 is 9.80 Å². The van der Waals surface area contributed by atoms with Crippen LogP contribution in [0.15, 0.2) is 0 Å². The van der Waals surface area contributed by atoms with Gasteiger partial charge in [-0.25, -0.2) is 4.79 Å². The molecule has 0 aromatic heterocycles. The monoisotopic (exact) mass is 252 g/mol. The molecule has 3 nitrogen and oxygen atoms in total. The Bertz CT molecular complexity index is 305. The van der Waals surface area contributed by atoms with E-state index in [1.807, 2.05) is 0 Å². The second-order valence-corrected chi connectivity index (χ2v) is 6.69. The topological polar surface area (TPSA) is 23.6 Å². The number of urea groups is 1. The van der Waals surface area contributed by atoms with Crippen LogP contribution in [0.2, 0.25) is 0 Å². The van der Waals surface area contributed by atoms with E-state index in [-0.39, 0.29) is 6.03 Å². The molecule has 0 radical (unpaired) electrons. The van der Waals surface area contributed by atoms with Gasteiger partial charge in [0.25, 0.3) is 0 Å². The van der Waals surface area contributed by atoms with Crippen molar-refractivity contribution in [3.63, 3.8) is 0 Å². The number of piperidine rings is 2. The molecular formula is C15H28N2O. The minimum Gasteiger partial charge on any atom is -0.324 e. The van der Waals surface area contributed by atoms with Gasteiger partial charge in [-0.2, -0.15) is 0 Å². The Balaban J connectivity index is 2.02. The van der Waals surface area contributed by atoms with Gasteiger partial charge in [-0.3, -0.25) is 0 Å². The van der Waals surface area contributed by atoms with Crippen LogP contribution in [0.5, 0.6) is 0 Å². The number of amides is 2. The minimum absolute atomic E-state index is 0.285. The highest BCUT2D eigenvalue weighted by Crippen LogP contribution is 2.28. The maximum absolute atomic E-state index is 12.7. The average molecular weight is 252 g/mol. The summed E-state index contributed by atoms with van der Waals surface area (Å²) in [4.78, 5) is 16.9. The lowest BCUT2D eigenvalue weighted by Crippen LogP contribution is -2.55. The number of hydrogen-bond donors (Lipinski definition) is 0. The van der Waals surface area contributed by atoms with Crippen molar-refractivity contribution in [3.8, 4) is 0 Å². The van der Waals surface area contributed by atoms with E-state index >= 15 is 0 Å². The lowest BCUT2D eigenvalue weighted by atomic mass is 9.86. The van der Waals surface area contributed by atoms with Gasteiger partial charge in [-0.1, -0.05) is 20.8 Å². The lowest BCUT2D eigenvalue weighted by Gasteiger charge is -2.44. The minimum atomic E-state index is 0.285. The fourth-order valence-electron chi connectivity index (χ4n) is 3.51. The van der Waals surface area contributed by atoms with Crippen LogP contribution in [0.3, 0.4) is 0 Å². The summed E-state index contributed by atoms with van der Waals surface area (Å²) in [6.07, 6.45) is 3.69. The first-order valence-corrected chi connectivity index (χ1v) is 7.54. The van der Waals surface area contributed by atoms with Crippen molar-refractivity contribution < 1.29 is 4.79 Å². The van der Waals surface area contributed by atoms with Crippen LogP contribution < -0.4 is 0 Å². The summed E-state index contributed by atoms with van der Waals surface area (Å²) >= 11 is 0. The second kappa shape index (κ2) is 5.50. The van der Waals surface area contributed by atoms with Gasteiger partial charge in [-0.05, 0) is 43.9 Å². The summed E-state index contributed by atoms with van der Waals surface area (Å²) in [5, 5.41) is 0. The van der Waals surface area contributed by atoms with Crippen LogP contribution >= 0.6 is 0 Å². The number of hydrogen-bond acceptors (Lipinski definition) is 1. The molecular weight excluding hydrogens is 224 g/mol. The molecule has 2 heterocycles. The molecule has 4 unspecified atom stereocenters. The van der Waals surface area contributed by atoms with E-state index in [0.717, 1.165) is 19.6 Å². The molecule has 2 rings (SSSR count). The Labute approximate surface area is 112 Å². The quantitative estimate of drug-likeness (QED) is 0.649. The first kappa shape index (κ1) is 13.7. The van der Waals surface area contributed by atoms with Crippen molar-refractivity contribution in [2.75, 3.05) is 19.6 Å². The SMILES string of the molecule is CC1CCCN(C(=O)N2CC(C)CC(C)C2C)C1. The molecule has 18 heavy (non-hydrogen) atoms. The number of carbonyl (C=O) groups excluding carboxylic acids is 1. The fraction of sp³-hybridized carbons (Fsp3) is 0.933. The predicted molar refractivity (Wildman–Crippen MR) is 74.5 cm³/mol. The molecule has 0 bridgehead atoms. The smallest absolute Gasteiger partial charge is 0.320 e. The van der Waals surface area contributed by atoms with Crippen molar-refractivity contribution in [1.29, 1.82) is 0 Å². The van der Waals surface area contributed by atoms with E-state index in [9.17, 15) is 4.79 Å². The molecule has 0 aromatic carbocycles. The van der Waals surface area contributed by atoms with Gasteiger partial charge >= 0.3 is 6.03 Å². The molecule has 3 heteroatoms. The highest BCUT2D eigenvalue weighted by atomic mass is 16.2.